The number of carboxylic acids is 1. The predicted molar refractivity (Wildman–Crippen MR) is 65.1 cm³/mol. The van der Waals surface area contributed by atoms with Gasteiger partial charge in [-0.15, -0.1) is 0 Å². The highest BCUT2D eigenvalue weighted by atomic mass is 28.3. The maximum atomic E-state index is 11.3. The molecule has 0 bridgehead atoms. The summed E-state index contributed by atoms with van der Waals surface area (Å²) in [6, 6.07) is 0. The fourth-order valence-corrected chi connectivity index (χ4v) is 2.57. The molecule has 0 aromatic carbocycles. The van der Waals surface area contributed by atoms with E-state index < -0.39 is 20.7 Å². The van der Waals surface area contributed by atoms with Gasteiger partial charge >= 0.3 is 11.9 Å². The largest absolute Gasteiger partial charge is 0.478 e. The molecule has 0 heterocycles. The number of carboxylic acid groups (broad SMARTS) is 1. The van der Waals surface area contributed by atoms with Crippen LogP contribution in [0.3, 0.4) is 0 Å². The van der Waals surface area contributed by atoms with Crippen LogP contribution >= 0.6 is 0 Å². The van der Waals surface area contributed by atoms with Crippen molar-refractivity contribution in [3.05, 3.63) is 12.2 Å². The molecule has 0 fully saturated rings. The number of unbranched alkanes of at least 4 members (excludes halogenated alkanes) is 1. The van der Waals surface area contributed by atoms with Crippen LogP contribution in [0, 0.1) is 0 Å². The van der Waals surface area contributed by atoms with Gasteiger partial charge in [0.2, 0.25) is 0 Å². The minimum absolute atomic E-state index is 0.00546. The van der Waals surface area contributed by atoms with Crippen molar-refractivity contribution in [1.29, 1.82) is 0 Å². The molecule has 0 radical (unpaired) electrons. The highest BCUT2D eigenvalue weighted by Gasteiger charge is 2.17. The molecular weight excluding hydrogens is 224 g/mol. The fraction of sp³-hybridized carbons (Fsp3) is 0.636. The molecule has 1 unspecified atom stereocenters. The van der Waals surface area contributed by atoms with Crippen LogP contribution < -0.4 is 0 Å². The van der Waals surface area contributed by atoms with E-state index in [0.717, 1.165) is 31.4 Å². The van der Waals surface area contributed by atoms with E-state index in [0.29, 0.717) is 0 Å². The molecule has 0 aliphatic heterocycles. The minimum atomic E-state index is -1.14. The van der Waals surface area contributed by atoms with Gasteiger partial charge in [-0.3, -0.25) is 0 Å². The zero-order chi connectivity index (χ0) is 12.6. The lowest BCUT2D eigenvalue weighted by atomic mass is 10.3. The van der Waals surface area contributed by atoms with E-state index >= 15 is 0 Å². The summed E-state index contributed by atoms with van der Waals surface area (Å²) in [6.07, 6.45) is 4.76. The highest BCUT2D eigenvalue weighted by Crippen LogP contribution is 2.09. The lowest BCUT2D eigenvalue weighted by Crippen LogP contribution is -2.30. The Balaban J connectivity index is 4.17. The Hall–Kier alpha value is -1.10. The molecule has 1 atom stereocenters. The van der Waals surface area contributed by atoms with Crippen LogP contribution in [0.5, 0.6) is 0 Å². The van der Waals surface area contributed by atoms with E-state index in [4.69, 9.17) is 9.84 Å². The first-order valence-corrected chi connectivity index (χ1v) is 8.56. The van der Waals surface area contributed by atoms with Gasteiger partial charge in [0.15, 0.2) is 0 Å². The van der Waals surface area contributed by atoms with Crippen LogP contribution in [0.15, 0.2) is 12.2 Å². The zero-order valence-corrected chi connectivity index (χ0v) is 11.3. The van der Waals surface area contributed by atoms with Gasteiger partial charge in [-0.05, 0) is 6.42 Å². The first kappa shape index (κ1) is 14.9. The first-order chi connectivity index (χ1) is 7.47. The van der Waals surface area contributed by atoms with Crippen LogP contribution in [-0.2, 0) is 14.3 Å². The van der Waals surface area contributed by atoms with E-state index in [9.17, 15) is 9.59 Å². The molecule has 0 rings (SSSR count). The molecule has 16 heavy (non-hydrogen) atoms. The Kier molecular flexibility index (Phi) is 7.54. The molecule has 0 amide bonds. The Morgan fingerprint density at radius 1 is 1.38 bits per heavy atom. The minimum Gasteiger partial charge on any atom is -0.478 e. The van der Waals surface area contributed by atoms with Crippen LogP contribution in [-0.4, -0.2) is 31.6 Å². The molecule has 0 aliphatic carbocycles. The quantitative estimate of drug-likeness (QED) is 0.421. The van der Waals surface area contributed by atoms with Crippen molar-refractivity contribution in [3.8, 4) is 0 Å². The summed E-state index contributed by atoms with van der Waals surface area (Å²) in [5.74, 6) is -1.69. The van der Waals surface area contributed by atoms with E-state index in [1.54, 1.807) is 0 Å². The van der Waals surface area contributed by atoms with Gasteiger partial charge < -0.3 is 9.84 Å². The summed E-state index contributed by atoms with van der Waals surface area (Å²) >= 11 is 0. The maximum Gasteiger partial charge on any atom is 0.330 e. The Labute approximate surface area is 97.9 Å². The molecule has 0 aliphatic rings. The van der Waals surface area contributed by atoms with Gasteiger partial charge in [0.25, 0.3) is 0 Å². The number of rotatable bonds is 7. The maximum absolute atomic E-state index is 11.3. The van der Waals surface area contributed by atoms with Gasteiger partial charge in [0.1, 0.15) is 0 Å². The first-order valence-electron chi connectivity index (χ1n) is 5.59. The number of aliphatic carboxylic acids is 1. The Bertz CT molecular complexity index is 261. The zero-order valence-electron chi connectivity index (χ0n) is 10.1. The lowest BCUT2D eigenvalue weighted by molar-refractivity contribution is -0.140. The molecular formula is C11H20O4Si. The summed E-state index contributed by atoms with van der Waals surface area (Å²) in [5, 5.41) is 8.36. The number of hydrogen-bond acceptors (Lipinski definition) is 3. The summed E-state index contributed by atoms with van der Waals surface area (Å²) in [5.41, 5.74) is 0.00546. The number of ether oxygens (including phenoxy) is 1. The van der Waals surface area contributed by atoms with Gasteiger partial charge in [-0.25, -0.2) is 9.59 Å². The summed E-state index contributed by atoms with van der Waals surface area (Å²) in [4.78, 5) is 21.5. The van der Waals surface area contributed by atoms with Crippen LogP contribution in [0.25, 0.3) is 0 Å². The molecule has 0 spiro atoms. The molecule has 0 aromatic heterocycles. The number of carbonyl (C=O) groups excluding carboxylic acids is 1. The van der Waals surface area contributed by atoms with Crippen LogP contribution in [0.1, 0.15) is 26.2 Å². The average molecular weight is 244 g/mol. The predicted octanol–water partition coefficient (Wildman–Crippen LogP) is 1.76. The van der Waals surface area contributed by atoms with Crippen molar-refractivity contribution in [2.75, 3.05) is 0 Å². The van der Waals surface area contributed by atoms with E-state index in [1.807, 2.05) is 0 Å². The Morgan fingerprint density at radius 3 is 2.44 bits per heavy atom. The van der Waals surface area contributed by atoms with E-state index in [2.05, 4.69) is 20.0 Å². The standard InChI is InChI=1S/C11H20O4Si/c1-4-5-6-11(16(2)3)15-10(14)8-7-9(12)13/h7-8,11,16H,4-6H2,1-3H3,(H,12,13)/b8-7+. The third-order valence-electron chi connectivity index (χ3n) is 2.22. The SMILES string of the molecule is CCCCC(OC(=O)/C=C/C(=O)O)[SiH](C)C. The topological polar surface area (TPSA) is 63.6 Å². The van der Waals surface area contributed by atoms with Crippen molar-refractivity contribution in [1.82, 2.24) is 0 Å². The summed E-state index contributed by atoms with van der Waals surface area (Å²) in [6.45, 7) is 6.33. The molecule has 1 N–H and O–H groups in total. The third-order valence-corrected chi connectivity index (χ3v) is 4.17. The van der Waals surface area contributed by atoms with Crippen LogP contribution in [0.4, 0.5) is 0 Å². The number of esters is 1. The molecule has 4 nitrogen and oxygen atoms in total. The van der Waals surface area contributed by atoms with Crippen molar-refractivity contribution in [3.63, 3.8) is 0 Å². The fourth-order valence-electron chi connectivity index (χ4n) is 1.26. The summed E-state index contributed by atoms with van der Waals surface area (Å²) in [7, 11) is -1.05. The van der Waals surface area contributed by atoms with Gasteiger partial charge in [-0.2, -0.15) is 0 Å². The smallest absolute Gasteiger partial charge is 0.330 e. The third kappa shape index (κ3) is 7.22. The Morgan fingerprint density at radius 2 is 2.00 bits per heavy atom. The molecule has 92 valence electrons. The lowest BCUT2D eigenvalue weighted by Gasteiger charge is -2.19. The summed E-state index contributed by atoms with van der Waals surface area (Å²) < 4.78 is 5.24. The van der Waals surface area contributed by atoms with Crippen LogP contribution in [0.2, 0.25) is 13.1 Å². The molecule has 0 saturated carbocycles. The highest BCUT2D eigenvalue weighted by molar-refractivity contribution is 6.57. The van der Waals surface area contributed by atoms with Crippen molar-refractivity contribution in [2.24, 2.45) is 0 Å². The van der Waals surface area contributed by atoms with Gasteiger partial charge in [0, 0.05) is 12.2 Å². The molecule has 0 aromatic rings. The van der Waals surface area contributed by atoms with Gasteiger partial charge in [0.05, 0.1) is 14.5 Å². The van der Waals surface area contributed by atoms with E-state index in [-0.39, 0.29) is 5.73 Å². The van der Waals surface area contributed by atoms with Crippen molar-refractivity contribution in [2.45, 2.75) is 45.0 Å². The second kappa shape index (κ2) is 8.10. The van der Waals surface area contributed by atoms with Crippen molar-refractivity contribution < 1.29 is 19.4 Å². The number of hydrogen-bond donors (Lipinski definition) is 1. The second-order valence-electron chi connectivity index (χ2n) is 4.03. The molecule has 5 heteroatoms. The van der Waals surface area contributed by atoms with Crippen molar-refractivity contribution >= 4 is 20.7 Å². The second-order valence-corrected chi connectivity index (χ2v) is 7.26. The van der Waals surface area contributed by atoms with Gasteiger partial charge in [-0.1, -0.05) is 32.9 Å². The number of carbonyl (C=O) groups is 2. The monoisotopic (exact) mass is 244 g/mol. The van der Waals surface area contributed by atoms with E-state index in [1.165, 1.54) is 0 Å². The molecule has 0 saturated heterocycles. The average Bonchev–Trinajstić information content (AvgIpc) is 2.20. The normalized spacial score (nSPS) is 13.0.